The van der Waals surface area contributed by atoms with Crippen LogP contribution in [0.2, 0.25) is 0 Å². The molecule has 0 amide bonds. The highest BCUT2D eigenvalue weighted by Crippen LogP contribution is 2.22. The molecule has 4 nitrogen and oxygen atoms in total. The fourth-order valence-electron chi connectivity index (χ4n) is 2.21. The molecule has 2 aromatic rings. The summed E-state index contributed by atoms with van der Waals surface area (Å²) in [6.07, 6.45) is 0. The summed E-state index contributed by atoms with van der Waals surface area (Å²) in [6.45, 7) is 0.795. The normalized spacial score (nSPS) is 11.6. The minimum absolute atomic E-state index is 0. The van der Waals surface area contributed by atoms with Crippen molar-refractivity contribution < 1.29 is 17.2 Å². The third-order valence-electron chi connectivity index (χ3n) is 3.51. The summed E-state index contributed by atoms with van der Waals surface area (Å²) in [7, 11) is -0.427. The van der Waals surface area contributed by atoms with Crippen molar-refractivity contribution in [3.63, 3.8) is 0 Å². The second kappa shape index (κ2) is 9.24. The lowest BCUT2D eigenvalue weighted by atomic mass is 10.2. The van der Waals surface area contributed by atoms with Gasteiger partial charge in [0.1, 0.15) is 16.5 Å². The van der Waals surface area contributed by atoms with Gasteiger partial charge in [0.15, 0.2) is 0 Å². The number of rotatable bonds is 7. The van der Waals surface area contributed by atoms with Crippen molar-refractivity contribution in [2.45, 2.75) is 11.4 Å². The molecule has 0 heterocycles. The van der Waals surface area contributed by atoms with E-state index in [0.717, 1.165) is 17.7 Å². The maximum absolute atomic E-state index is 14.0. The zero-order chi connectivity index (χ0) is 17.7. The van der Waals surface area contributed by atoms with Gasteiger partial charge in [0.05, 0.1) is 0 Å². The zero-order valence-corrected chi connectivity index (χ0v) is 15.7. The predicted molar refractivity (Wildman–Crippen MR) is 96.2 cm³/mol. The van der Waals surface area contributed by atoms with Gasteiger partial charge in [-0.15, -0.1) is 12.4 Å². The van der Waals surface area contributed by atoms with Gasteiger partial charge in [0.2, 0.25) is 10.0 Å². The third kappa shape index (κ3) is 5.74. The monoisotopic (exact) mass is 390 g/mol. The van der Waals surface area contributed by atoms with Crippen molar-refractivity contribution in [2.24, 2.45) is 0 Å². The van der Waals surface area contributed by atoms with E-state index in [2.05, 4.69) is 0 Å². The van der Waals surface area contributed by atoms with Gasteiger partial charge >= 0.3 is 0 Å². The molecule has 0 aliphatic rings. The summed E-state index contributed by atoms with van der Waals surface area (Å²) < 4.78 is 53.9. The highest BCUT2D eigenvalue weighted by Gasteiger charge is 2.27. The molecule has 0 aliphatic heterocycles. The molecular weight excluding hydrogens is 370 g/mol. The van der Waals surface area contributed by atoms with E-state index in [1.807, 2.05) is 37.2 Å². The molecule has 0 aromatic heterocycles. The molecule has 8 heteroatoms. The smallest absolute Gasteiger partial charge is 0.246 e. The average Bonchev–Trinajstić information content (AvgIpc) is 2.51. The van der Waals surface area contributed by atoms with Crippen molar-refractivity contribution in [3.05, 3.63) is 65.7 Å². The van der Waals surface area contributed by atoms with Gasteiger partial charge in [-0.2, -0.15) is 4.31 Å². The minimum Gasteiger partial charge on any atom is -0.308 e. The molecule has 2 rings (SSSR count). The van der Waals surface area contributed by atoms with Gasteiger partial charge in [-0.3, -0.25) is 0 Å². The van der Waals surface area contributed by atoms with Crippen LogP contribution in [0.4, 0.5) is 8.78 Å². The lowest BCUT2D eigenvalue weighted by Gasteiger charge is -2.24. The molecule has 0 radical (unpaired) electrons. The first-order valence-electron chi connectivity index (χ1n) is 7.44. The van der Waals surface area contributed by atoms with Gasteiger partial charge in [-0.25, -0.2) is 17.2 Å². The molecular formula is C17H21ClF2N2O2S. The van der Waals surface area contributed by atoms with Crippen LogP contribution in [-0.2, 0) is 16.6 Å². The fraction of sp³-hybridized carbons (Fsp3) is 0.294. The highest BCUT2D eigenvalue weighted by atomic mass is 35.5. The van der Waals surface area contributed by atoms with Crippen molar-refractivity contribution in [1.82, 2.24) is 9.21 Å². The Balaban J connectivity index is 0.00000312. The molecule has 0 fully saturated rings. The van der Waals surface area contributed by atoms with Crippen molar-refractivity contribution >= 4 is 22.4 Å². The van der Waals surface area contributed by atoms with Gasteiger partial charge in [0.25, 0.3) is 0 Å². The summed E-state index contributed by atoms with van der Waals surface area (Å²) in [6, 6.07) is 11.6. The maximum Gasteiger partial charge on any atom is 0.246 e. The van der Waals surface area contributed by atoms with E-state index in [4.69, 9.17) is 0 Å². The number of benzene rings is 2. The van der Waals surface area contributed by atoms with Crippen LogP contribution in [0.3, 0.4) is 0 Å². The second-order valence-electron chi connectivity index (χ2n) is 5.70. The molecule has 0 bridgehead atoms. The molecule has 0 atom stereocenters. The number of hydrogen-bond donors (Lipinski definition) is 0. The Labute approximate surface area is 153 Å². The zero-order valence-electron chi connectivity index (χ0n) is 14.0. The topological polar surface area (TPSA) is 40.6 Å². The molecule has 0 saturated carbocycles. The van der Waals surface area contributed by atoms with E-state index in [-0.39, 0.29) is 25.5 Å². The number of nitrogens with zero attached hydrogens (tertiary/aromatic N) is 2. The average molecular weight is 391 g/mol. The number of hydrogen-bond acceptors (Lipinski definition) is 3. The quantitative estimate of drug-likeness (QED) is 0.729. The van der Waals surface area contributed by atoms with Crippen LogP contribution in [0.5, 0.6) is 0 Å². The van der Waals surface area contributed by atoms with E-state index in [1.165, 1.54) is 4.31 Å². The summed E-state index contributed by atoms with van der Waals surface area (Å²) in [5, 5.41) is 0. The Bertz CT molecular complexity index is 786. The van der Waals surface area contributed by atoms with E-state index < -0.39 is 26.6 Å². The number of sulfonamides is 1. The molecule has 0 N–H and O–H groups in total. The molecule has 25 heavy (non-hydrogen) atoms. The SMILES string of the molecule is CN(C)CCN(Cc1ccccc1)S(=O)(=O)c1ccc(F)cc1F.Cl. The van der Waals surface area contributed by atoms with E-state index in [1.54, 1.807) is 12.1 Å². The molecule has 0 spiro atoms. The third-order valence-corrected chi connectivity index (χ3v) is 5.39. The predicted octanol–water partition coefficient (Wildman–Crippen LogP) is 3.14. The first-order chi connectivity index (χ1) is 11.3. The van der Waals surface area contributed by atoms with E-state index >= 15 is 0 Å². The lowest BCUT2D eigenvalue weighted by molar-refractivity contribution is 0.328. The molecule has 138 valence electrons. The number of likely N-dealkylation sites (N-methyl/N-ethyl adjacent to an activating group) is 1. The molecule has 0 unspecified atom stereocenters. The largest absolute Gasteiger partial charge is 0.308 e. The van der Waals surface area contributed by atoms with Crippen LogP contribution in [0.25, 0.3) is 0 Å². The lowest BCUT2D eigenvalue weighted by Crippen LogP contribution is -2.36. The van der Waals surface area contributed by atoms with Crippen LogP contribution in [0.1, 0.15) is 5.56 Å². The Morgan fingerprint density at radius 2 is 1.60 bits per heavy atom. The standard InChI is InChI=1S/C17H20F2N2O2S.ClH/c1-20(2)10-11-21(13-14-6-4-3-5-7-14)24(22,23)17-9-8-15(18)12-16(17)19;/h3-9,12H,10-11,13H2,1-2H3;1H. The summed E-state index contributed by atoms with van der Waals surface area (Å²) >= 11 is 0. The maximum atomic E-state index is 14.0. The van der Waals surface area contributed by atoms with E-state index in [0.29, 0.717) is 12.6 Å². The van der Waals surface area contributed by atoms with Crippen molar-refractivity contribution in [2.75, 3.05) is 27.2 Å². The Morgan fingerprint density at radius 1 is 0.960 bits per heavy atom. The van der Waals surface area contributed by atoms with Crippen LogP contribution in [0.15, 0.2) is 53.4 Å². The van der Waals surface area contributed by atoms with Crippen LogP contribution >= 0.6 is 12.4 Å². The van der Waals surface area contributed by atoms with Gasteiger partial charge in [0, 0.05) is 25.7 Å². The van der Waals surface area contributed by atoms with Crippen LogP contribution in [0, 0.1) is 11.6 Å². The molecule has 0 saturated heterocycles. The highest BCUT2D eigenvalue weighted by molar-refractivity contribution is 7.89. The van der Waals surface area contributed by atoms with Crippen LogP contribution in [-0.4, -0.2) is 44.8 Å². The van der Waals surface area contributed by atoms with Gasteiger partial charge in [-0.05, 0) is 31.8 Å². The Kier molecular flexibility index (Phi) is 7.95. The fourth-order valence-corrected chi connectivity index (χ4v) is 3.67. The van der Waals surface area contributed by atoms with Gasteiger partial charge < -0.3 is 4.90 Å². The van der Waals surface area contributed by atoms with Crippen molar-refractivity contribution in [1.29, 1.82) is 0 Å². The van der Waals surface area contributed by atoms with Crippen LogP contribution < -0.4 is 0 Å². The first kappa shape index (κ1) is 21.5. The Hall–Kier alpha value is -1.54. The first-order valence-corrected chi connectivity index (χ1v) is 8.88. The van der Waals surface area contributed by atoms with Gasteiger partial charge in [-0.1, -0.05) is 30.3 Å². The Morgan fingerprint density at radius 3 is 2.16 bits per heavy atom. The number of halogens is 3. The second-order valence-corrected chi connectivity index (χ2v) is 7.61. The molecule has 0 aliphatic carbocycles. The summed E-state index contributed by atoms with van der Waals surface area (Å²) in [5.74, 6) is -1.90. The minimum atomic E-state index is -4.08. The van der Waals surface area contributed by atoms with Crippen molar-refractivity contribution in [3.8, 4) is 0 Å². The molecule has 2 aromatic carbocycles. The summed E-state index contributed by atoms with van der Waals surface area (Å²) in [5.41, 5.74) is 0.794. The summed E-state index contributed by atoms with van der Waals surface area (Å²) in [4.78, 5) is 1.33. The van der Waals surface area contributed by atoms with E-state index in [9.17, 15) is 17.2 Å².